The van der Waals surface area contributed by atoms with Gasteiger partial charge in [0.25, 0.3) is 0 Å². The van der Waals surface area contributed by atoms with Crippen molar-refractivity contribution in [3.63, 3.8) is 0 Å². The van der Waals surface area contributed by atoms with Crippen LogP contribution in [0.25, 0.3) is 0 Å². The lowest BCUT2D eigenvalue weighted by Crippen LogP contribution is -2.18. The molecule has 1 aromatic heterocycles. The van der Waals surface area contributed by atoms with Gasteiger partial charge >= 0.3 is 0 Å². The molecule has 2 aromatic rings. The fraction of sp³-hybridized carbons (Fsp3) is 0.231. The third-order valence-electron chi connectivity index (χ3n) is 2.57. The molecular weight excluding hydrogens is 256 g/mol. The topological polar surface area (TPSA) is 35.2 Å². The molecule has 2 rings (SSSR count). The van der Waals surface area contributed by atoms with Crippen molar-refractivity contribution < 1.29 is 13.5 Å². The molecule has 5 heteroatoms. The highest BCUT2D eigenvalue weighted by atomic mass is 32.1. The fourth-order valence-corrected chi connectivity index (χ4v) is 2.62. The quantitative estimate of drug-likeness (QED) is 0.923. The molecule has 0 aliphatic heterocycles. The second-order valence-corrected chi connectivity index (χ2v) is 4.83. The van der Waals surface area contributed by atoms with Crippen LogP contribution in [0.1, 0.15) is 16.5 Å². The molecule has 18 heavy (non-hydrogen) atoms. The number of hydrogen-bond donors (Lipinski definition) is 1. The third kappa shape index (κ3) is 2.68. The van der Waals surface area contributed by atoms with E-state index in [0.717, 1.165) is 22.6 Å². The van der Waals surface area contributed by atoms with Crippen molar-refractivity contribution in [3.8, 4) is 5.75 Å². The summed E-state index contributed by atoms with van der Waals surface area (Å²) < 4.78 is 31.8. The summed E-state index contributed by atoms with van der Waals surface area (Å²) in [6.45, 7) is 2.18. The molecule has 2 N–H and O–H groups in total. The van der Waals surface area contributed by atoms with Crippen LogP contribution in [-0.2, 0) is 0 Å². The van der Waals surface area contributed by atoms with Gasteiger partial charge in [-0.3, -0.25) is 0 Å². The average molecular weight is 269 g/mol. The molecule has 0 saturated carbocycles. The Morgan fingerprint density at radius 3 is 2.67 bits per heavy atom. The van der Waals surface area contributed by atoms with Crippen LogP contribution in [0.15, 0.2) is 29.6 Å². The maximum Gasteiger partial charge on any atom is 0.168 e. The van der Waals surface area contributed by atoms with Crippen LogP contribution in [0.2, 0.25) is 0 Å². The number of hydrogen-bond acceptors (Lipinski definition) is 3. The van der Waals surface area contributed by atoms with E-state index in [0.29, 0.717) is 0 Å². The molecule has 1 heterocycles. The van der Waals surface area contributed by atoms with E-state index in [1.807, 2.05) is 18.4 Å². The summed E-state index contributed by atoms with van der Waals surface area (Å²) in [7, 11) is 0. The highest BCUT2D eigenvalue weighted by Crippen LogP contribution is 2.29. The predicted octanol–water partition coefficient (Wildman–Crippen LogP) is 3.41. The minimum absolute atomic E-state index is 0.0136. The summed E-state index contributed by atoms with van der Waals surface area (Å²) in [5, 5.41) is 1.93. The van der Waals surface area contributed by atoms with Gasteiger partial charge in [-0.2, -0.15) is 0 Å². The number of thiophene rings is 1. The largest absolute Gasteiger partial charge is 0.480 e. The van der Waals surface area contributed by atoms with Crippen LogP contribution in [-0.4, -0.2) is 6.54 Å². The molecule has 1 unspecified atom stereocenters. The lowest BCUT2D eigenvalue weighted by Gasteiger charge is -2.17. The molecular formula is C13H13F2NOS. The summed E-state index contributed by atoms with van der Waals surface area (Å²) in [5.74, 6) is -1.33. The van der Waals surface area contributed by atoms with Gasteiger partial charge in [0.1, 0.15) is 11.9 Å². The number of rotatable bonds is 4. The second kappa shape index (κ2) is 5.46. The van der Waals surface area contributed by atoms with Crippen molar-refractivity contribution in [2.75, 3.05) is 6.54 Å². The van der Waals surface area contributed by atoms with Crippen LogP contribution in [0.3, 0.4) is 0 Å². The van der Waals surface area contributed by atoms with E-state index >= 15 is 0 Å². The Hall–Kier alpha value is -1.46. The Labute approximate surface area is 108 Å². The van der Waals surface area contributed by atoms with Crippen LogP contribution in [0.5, 0.6) is 5.75 Å². The minimum atomic E-state index is -0.720. The molecule has 0 bridgehead atoms. The summed E-state index contributed by atoms with van der Waals surface area (Å²) in [6.07, 6.45) is -0.412. The highest BCUT2D eigenvalue weighted by Gasteiger charge is 2.17. The minimum Gasteiger partial charge on any atom is -0.480 e. The van der Waals surface area contributed by atoms with E-state index in [1.54, 1.807) is 0 Å². The Balaban J connectivity index is 2.23. The number of nitrogens with two attached hydrogens (primary N) is 1. The molecule has 0 aliphatic rings. The zero-order chi connectivity index (χ0) is 13.1. The van der Waals surface area contributed by atoms with Crippen LogP contribution < -0.4 is 10.5 Å². The smallest absolute Gasteiger partial charge is 0.168 e. The Morgan fingerprint density at radius 1 is 1.33 bits per heavy atom. The van der Waals surface area contributed by atoms with E-state index in [2.05, 4.69) is 0 Å². The van der Waals surface area contributed by atoms with Gasteiger partial charge in [-0.05, 0) is 36.1 Å². The van der Waals surface area contributed by atoms with Crippen molar-refractivity contribution in [1.82, 2.24) is 0 Å². The Morgan fingerprint density at radius 2 is 2.11 bits per heavy atom. The number of benzene rings is 1. The first-order chi connectivity index (χ1) is 8.61. The normalized spacial score (nSPS) is 12.4. The van der Waals surface area contributed by atoms with Gasteiger partial charge in [0.05, 0.1) is 0 Å². The summed E-state index contributed by atoms with van der Waals surface area (Å²) in [4.78, 5) is 0.959. The van der Waals surface area contributed by atoms with Crippen molar-refractivity contribution in [2.45, 2.75) is 13.0 Å². The molecule has 0 saturated heterocycles. The standard InChI is InChI=1S/C13H13F2NOS/c1-8-4-5-18-13(8)12(7-16)17-11-3-2-9(14)6-10(11)15/h2-6,12H,7,16H2,1H3. The summed E-state index contributed by atoms with van der Waals surface area (Å²) >= 11 is 1.51. The molecule has 96 valence electrons. The van der Waals surface area contributed by atoms with Gasteiger partial charge in [0, 0.05) is 17.5 Å². The van der Waals surface area contributed by atoms with Gasteiger partial charge < -0.3 is 10.5 Å². The molecule has 1 atom stereocenters. The van der Waals surface area contributed by atoms with Gasteiger partial charge in [-0.15, -0.1) is 11.3 Å². The number of halogens is 2. The first kappa shape index (κ1) is 13.0. The first-order valence-electron chi connectivity index (χ1n) is 5.47. The van der Waals surface area contributed by atoms with Gasteiger partial charge in [-0.1, -0.05) is 0 Å². The predicted molar refractivity (Wildman–Crippen MR) is 67.8 cm³/mol. The number of ether oxygens (including phenoxy) is 1. The fourth-order valence-electron chi connectivity index (χ4n) is 1.65. The maximum atomic E-state index is 13.5. The summed E-state index contributed by atoms with van der Waals surface area (Å²) in [5.41, 5.74) is 6.70. The first-order valence-corrected chi connectivity index (χ1v) is 6.35. The highest BCUT2D eigenvalue weighted by molar-refractivity contribution is 7.10. The molecule has 2 nitrogen and oxygen atoms in total. The maximum absolute atomic E-state index is 13.5. The van der Waals surface area contributed by atoms with E-state index in [1.165, 1.54) is 17.4 Å². The molecule has 1 aromatic carbocycles. The van der Waals surface area contributed by atoms with E-state index in [4.69, 9.17) is 10.5 Å². The SMILES string of the molecule is Cc1ccsc1C(CN)Oc1ccc(F)cc1F. The van der Waals surface area contributed by atoms with Crippen LogP contribution in [0, 0.1) is 18.6 Å². The average Bonchev–Trinajstić information content (AvgIpc) is 2.75. The van der Waals surface area contributed by atoms with Gasteiger partial charge in [0.2, 0.25) is 0 Å². The lowest BCUT2D eigenvalue weighted by atomic mass is 10.2. The second-order valence-electron chi connectivity index (χ2n) is 3.88. The van der Waals surface area contributed by atoms with Crippen LogP contribution >= 0.6 is 11.3 Å². The van der Waals surface area contributed by atoms with E-state index < -0.39 is 17.7 Å². The molecule has 0 radical (unpaired) electrons. The van der Waals surface area contributed by atoms with Gasteiger partial charge in [-0.25, -0.2) is 8.78 Å². The van der Waals surface area contributed by atoms with E-state index in [-0.39, 0.29) is 12.3 Å². The van der Waals surface area contributed by atoms with Crippen molar-refractivity contribution in [1.29, 1.82) is 0 Å². The lowest BCUT2D eigenvalue weighted by molar-refractivity contribution is 0.207. The van der Waals surface area contributed by atoms with Crippen molar-refractivity contribution >= 4 is 11.3 Å². The zero-order valence-electron chi connectivity index (χ0n) is 9.82. The number of aryl methyl sites for hydroxylation is 1. The molecule has 0 spiro atoms. The van der Waals surface area contributed by atoms with E-state index in [9.17, 15) is 8.78 Å². The molecule has 0 fully saturated rings. The third-order valence-corrected chi connectivity index (χ3v) is 3.68. The van der Waals surface area contributed by atoms with Crippen molar-refractivity contribution in [3.05, 3.63) is 51.7 Å². The van der Waals surface area contributed by atoms with Crippen molar-refractivity contribution in [2.24, 2.45) is 5.73 Å². The van der Waals surface area contributed by atoms with Gasteiger partial charge in [0.15, 0.2) is 11.6 Å². The monoisotopic (exact) mass is 269 g/mol. The Kier molecular flexibility index (Phi) is 3.93. The van der Waals surface area contributed by atoms with Crippen LogP contribution in [0.4, 0.5) is 8.78 Å². The Bertz CT molecular complexity index is 542. The molecule has 0 aliphatic carbocycles. The summed E-state index contributed by atoms with van der Waals surface area (Å²) in [6, 6.07) is 5.18. The zero-order valence-corrected chi connectivity index (χ0v) is 10.6. The molecule has 0 amide bonds.